The van der Waals surface area contributed by atoms with E-state index in [0.717, 1.165) is 18.8 Å². The first-order valence-electron chi connectivity index (χ1n) is 8.25. The Labute approximate surface area is 145 Å². The third-order valence-corrected chi connectivity index (χ3v) is 4.13. The van der Waals surface area contributed by atoms with Crippen LogP contribution in [0.3, 0.4) is 0 Å². The summed E-state index contributed by atoms with van der Waals surface area (Å²) in [6.45, 7) is 2.20. The van der Waals surface area contributed by atoms with Gasteiger partial charge in [-0.2, -0.15) is 0 Å². The lowest BCUT2D eigenvalue weighted by Crippen LogP contribution is -2.22. The minimum atomic E-state index is -0.465. The van der Waals surface area contributed by atoms with Crippen molar-refractivity contribution < 1.29 is 9.72 Å². The fraction of sp³-hybridized carbons (Fsp3) is 0.278. The molecule has 0 atom stereocenters. The van der Waals surface area contributed by atoms with Gasteiger partial charge in [0.05, 0.1) is 11.5 Å². The Morgan fingerprint density at radius 2 is 1.80 bits per heavy atom. The first kappa shape index (κ1) is 16.8. The number of carbonyl (C=O) groups excluding carboxylic acids is 1. The van der Waals surface area contributed by atoms with Crippen molar-refractivity contribution in [1.82, 2.24) is 0 Å². The van der Waals surface area contributed by atoms with Crippen molar-refractivity contribution in [3.63, 3.8) is 0 Å². The van der Waals surface area contributed by atoms with Crippen LogP contribution >= 0.6 is 0 Å². The van der Waals surface area contributed by atoms with Crippen LogP contribution in [0, 0.1) is 10.1 Å². The molecule has 2 N–H and O–H groups in total. The summed E-state index contributed by atoms with van der Waals surface area (Å²) in [4.78, 5) is 24.6. The first-order valence-corrected chi connectivity index (χ1v) is 8.25. The maximum absolute atomic E-state index is 12.0. The summed E-state index contributed by atoms with van der Waals surface area (Å²) in [6.07, 6.45) is 2.45. The first-order chi connectivity index (χ1) is 12.1. The predicted molar refractivity (Wildman–Crippen MR) is 98.1 cm³/mol. The zero-order valence-corrected chi connectivity index (χ0v) is 13.8. The number of non-ortho nitro benzene ring substituents is 1. The van der Waals surface area contributed by atoms with E-state index in [1.54, 1.807) is 12.1 Å². The van der Waals surface area contributed by atoms with E-state index in [1.807, 2.05) is 24.3 Å². The molecular formula is C18H20N4O3. The van der Waals surface area contributed by atoms with Crippen LogP contribution in [0.25, 0.3) is 0 Å². The maximum atomic E-state index is 12.0. The quantitative estimate of drug-likeness (QED) is 0.622. The molecule has 0 bridgehead atoms. The molecule has 2 aromatic rings. The normalized spacial score (nSPS) is 13.5. The van der Waals surface area contributed by atoms with Crippen LogP contribution in [-0.2, 0) is 4.79 Å². The number of nitrogens with one attached hydrogen (secondary N) is 2. The van der Waals surface area contributed by atoms with Gasteiger partial charge in [-0.05, 0) is 43.2 Å². The van der Waals surface area contributed by atoms with Gasteiger partial charge < -0.3 is 15.5 Å². The standard InChI is InChI=1S/C18H20N4O3/c23-18(13-19-15-4-3-5-17(12-15)22(24)25)20-14-6-8-16(9-7-14)21-10-1-2-11-21/h3-9,12,19H,1-2,10-11,13H2,(H,20,23). The van der Waals surface area contributed by atoms with E-state index in [0.29, 0.717) is 5.69 Å². The molecule has 0 unspecified atom stereocenters. The summed E-state index contributed by atoms with van der Waals surface area (Å²) in [5.74, 6) is -0.208. The van der Waals surface area contributed by atoms with Crippen molar-refractivity contribution in [1.29, 1.82) is 0 Å². The van der Waals surface area contributed by atoms with Crippen LogP contribution < -0.4 is 15.5 Å². The van der Waals surface area contributed by atoms with E-state index in [9.17, 15) is 14.9 Å². The van der Waals surface area contributed by atoms with E-state index in [-0.39, 0.29) is 18.1 Å². The second-order valence-electron chi connectivity index (χ2n) is 5.95. The van der Waals surface area contributed by atoms with Crippen molar-refractivity contribution in [3.05, 3.63) is 58.6 Å². The molecule has 1 heterocycles. The van der Waals surface area contributed by atoms with Crippen LogP contribution in [0.2, 0.25) is 0 Å². The highest BCUT2D eigenvalue weighted by Gasteiger charge is 2.12. The fourth-order valence-electron chi connectivity index (χ4n) is 2.85. The third kappa shape index (κ3) is 4.47. The number of nitro groups is 1. The molecule has 0 saturated carbocycles. The monoisotopic (exact) mass is 340 g/mol. The summed E-state index contributed by atoms with van der Waals surface area (Å²) >= 11 is 0. The number of rotatable bonds is 6. The third-order valence-electron chi connectivity index (χ3n) is 4.13. The molecule has 1 aliphatic heterocycles. The van der Waals surface area contributed by atoms with Crippen LogP contribution in [0.1, 0.15) is 12.8 Å². The largest absolute Gasteiger partial charge is 0.376 e. The van der Waals surface area contributed by atoms with Gasteiger partial charge in [-0.1, -0.05) is 6.07 Å². The highest BCUT2D eigenvalue weighted by molar-refractivity contribution is 5.93. The summed E-state index contributed by atoms with van der Waals surface area (Å²) in [5, 5.41) is 16.5. The average Bonchev–Trinajstić information content (AvgIpc) is 3.15. The van der Waals surface area contributed by atoms with E-state index < -0.39 is 4.92 Å². The van der Waals surface area contributed by atoms with Crippen LogP contribution in [0.15, 0.2) is 48.5 Å². The molecule has 0 aliphatic carbocycles. The Balaban J connectivity index is 1.52. The molecule has 1 aliphatic rings. The molecular weight excluding hydrogens is 320 g/mol. The minimum Gasteiger partial charge on any atom is -0.376 e. The van der Waals surface area contributed by atoms with Gasteiger partial charge in [0.1, 0.15) is 0 Å². The Morgan fingerprint density at radius 1 is 1.08 bits per heavy atom. The van der Waals surface area contributed by atoms with Crippen LogP contribution in [0.4, 0.5) is 22.7 Å². The van der Waals surface area contributed by atoms with Crippen molar-refractivity contribution in [2.75, 3.05) is 35.2 Å². The lowest BCUT2D eigenvalue weighted by molar-refractivity contribution is -0.384. The molecule has 1 saturated heterocycles. The Morgan fingerprint density at radius 3 is 2.48 bits per heavy atom. The number of benzene rings is 2. The number of nitrogens with zero attached hydrogens (tertiary/aromatic N) is 2. The Bertz CT molecular complexity index is 755. The summed E-state index contributed by atoms with van der Waals surface area (Å²) in [6, 6.07) is 13.9. The van der Waals surface area contributed by atoms with E-state index in [1.165, 1.54) is 30.7 Å². The van der Waals surface area contributed by atoms with Gasteiger partial charge in [0.25, 0.3) is 5.69 Å². The topological polar surface area (TPSA) is 87.5 Å². The second-order valence-corrected chi connectivity index (χ2v) is 5.95. The smallest absolute Gasteiger partial charge is 0.271 e. The lowest BCUT2D eigenvalue weighted by atomic mass is 10.2. The van der Waals surface area contributed by atoms with Gasteiger partial charge in [0.2, 0.25) is 5.91 Å². The molecule has 0 radical (unpaired) electrons. The van der Waals surface area contributed by atoms with Crippen LogP contribution in [-0.4, -0.2) is 30.5 Å². The van der Waals surface area contributed by atoms with Gasteiger partial charge in [0.15, 0.2) is 0 Å². The second kappa shape index (κ2) is 7.65. The van der Waals surface area contributed by atoms with Gasteiger partial charge in [-0.15, -0.1) is 0 Å². The molecule has 25 heavy (non-hydrogen) atoms. The highest BCUT2D eigenvalue weighted by atomic mass is 16.6. The molecule has 7 nitrogen and oxygen atoms in total. The molecule has 0 aromatic heterocycles. The number of amides is 1. The number of carbonyl (C=O) groups is 1. The van der Waals surface area contributed by atoms with Gasteiger partial charge in [0, 0.05) is 42.3 Å². The van der Waals surface area contributed by atoms with Crippen molar-refractivity contribution in [2.45, 2.75) is 12.8 Å². The van der Waals surface area contributed by atoms with Crippen molar-refractivity contribution >= 4 is 28.7 Å². The number of hydrogen-bond acceptors (Lipinski definition) is 5. The summed E-state index contributed by atoms with van der Waals surface area (Å²) in [7, 11) is 0. The molecule has 130 valence electrons. The molecule has 1 amide bonds. The molecule has 1 fully saturated rings. The minimum absolute atomic E-state index is 0.0112. The van der Waals surface area contributed by atoms with E-state index >= 15 is 0 Å². The fourth-order valence-corrected chi connectivity index (χ4v) is 2.85. The number of nitro benzene ring substituents is 1. The Kier molecular flexibility index (Phi) is 5.13. The highest BCUT2D eigenvalue weighted by Crippen LogP contribution is 2.22. The number of anilines is 3. The summed E-state index contributed by atoms with van der Waals surface area (Å²) in [5.41, 5.74) is 2.43. The predicted octanol–water partition coefficient (Wildman–Crippen LogP) is 3.25. The average molecular weight is 340 g/mol. The maximum Gasteiger partial charge on any atom is 0.271 e. The van der Waals surface area contributed by atoms with Crippen molar-refractivity contribution in [3.8, 4) is 0 Å². The zero-order valence-electron chi connectivity index (χ0n) is 13.8. The summed E-state index contributed by atoms with van der Waals surface area (Å²) < 4.78 is 0. The van der Waals surface area contributed by atoms with Gasteiger partial charge >= 0.3 is 0 Å². The van der Waals surface area contributed by atoms with Crippen LogP contribution in [0.5, 0.6) is 0 Å². The molecule has 2 aromatic carbocycles. The zero-order chi connectivity index (χ0) is 17.6. The van der Waals surface area contributed by atoms with Gasteiger partial charge in [-0.25, -0.2) is 0 Å². The van der Waals surface area contributed by atoms with E-state index in [2.05, 4.69) is 15.5 Å². The SMILES string of the molecule is O=C(CNc1cccc([N+](=O)[O-])c1)Nc1ccc(N2CCCC2)cc1. The number of hydrogen-bond donors (Lipinski definition) is 2. The molecule has 3 rings (SSSR count). The van der Waals surface area contributed by atoms with E-state index in [4.69, 9.17) is 0 Å². The molecule has 0 spiro atoms. The Hall–Kier alpha value is -3.09. The molecule has 7 heteroatoms. The lowest BCUT2D eigenvalue weighted by Gasteiger charge is -2.17. The van der Waals surface area contributed by atoms with Gasteiger partial charge in [-0.3, -0.25) is 14.9 Å². The van der Waals surface area contributed by atoms with Crippen molar-refractivity contribution in [2.24, 2.45) is 0 Å².